The second kappa shape index (κ2) is 9.59. The Bertz CT molecular complexity index is 1000. The fourth-order valence-corrected chi connectivity index (χ4v) is 4.63. The third-order valence-corrected chi connectivity index (χ3v) is 5.92. The van der Waals surface area contributed by atoms with Gasteiger partial charge < -0.3 is 10.1 Å². The highest BCUT2D eigenvalue weighted by Gasteiger charge is 2.36. The van der Waals surface area contributed by atoms with Crippen molar-refractivity contribution < 1.29 is 19.1 Å². The molecule has 2 aromatic carbocycles. The number of carbonyl (C=O) groups is 3. The van der Waals surface area contributed by atoms with E-state index in [1.165, 1.54) is 29.8 Å². The molecule has 1 fully saturated rings. The molecule has 3 amide bonds. The number of nitrogens with one attached hydrogen (secondary N) is 2. The molecule has 1 saturated heterocycles. The average molecular weight is 468 g/mol. The molecule has 1 heterocycles. The van der Waals surface area contributed by atoms with Gasteiger partial charge in [-0.15, -0.1) is 11.8 Å². The zero-order chi connectivity index (χ0) is 21.8. The Hall–Kier alpha value is -2.42. The Balaban J connectivity index is 1.86. The fraction of sp³-hybridized carbons (Fsp3) is 0.250. The molecule has 1 atom stereocenters. The molecule has 1 aliphatic heterocycles. The van der Waals surface area contributed by atoms with E-state index in [4.69, 9.17) is 27.9 Å². The molecule has 1 aliphatic rings. The smallest absolute Gasteiger partial charge is 0.273 e. The van der Waals surface area contributed by atoms with Crippen LogP contribution in [0.1, 0.15) is 35.1 Å². The molecule has 7 nitrogen and oxygen atoms in total. The van der Waals surface area contributed by atoms with Gasteiger partial charge in [-0.1, -0.05) is 29.3 Å². The number of hydrogen-bond acceptors (Lipinski definition) is 5. The van der Waals surface area contributed by atoms with Gasteiger partial charge in [0.15, 0.2) is 0 Å². The van der Waals surface area contributed by atoms with E-state index in [1.807, 2.05) is 0 Å². The molecule has 30 heavy (non-hydrogen) atoms. The topological polar surface area (TPSA) is 87.7 Å². The molecule has 2 N–H and O–H groups in total. The van der Waals surface area contributed by atoms with Gasteiger partial charge in [-0.3, -0.25) is 19.8 Å². The lowest BCUT2D eigenvalue weighted by Crippen LogP contribution is -2.44. The highest BCUT2D eigenvalue weighted by molar-refractivity contribution is 8.00. The summed E-state index contributed by atoms with van der Waals surface area (Å²) in [4.78, 5) is 36.7. The van der Waals surface area contributed by atoms with Crippen molar-refractivity contribution in [3.8, 4) is 5.75 Å². The molecular formula is C20H19Cl2N3O4S. The number of thioether (sulfide) groups is 1. The number of carbonyl (C=O) groups excluding carboxylic acids is 3. The number of ether oxygens (including phenoxy) is 1. The van der Waals surface area contributed by atoms with Gasteiger partial charge in [0.25, 0.3) is 11.8 Å². The maximum Gasteiger partial charge on any atom is 0.273 e. The van der Waals surface area contributed by atoms with Crippen LogP contribution in [0, 0.1) is 0 Å². The number of halogens is 2. The van der Waals surface area contributed by atoms with E-state index >= 15 is 0 Å². The largest absolute Gasteiger partial charge is 0.493 e. The third kappa shape index (κ3) is 5.00. The van der Waals surface area contributed by atoms with Crippen LogP contribution >= 0.6 is 35.0 Å². The van der Waals surface area contributed by atoms with Gasteiger partial charge >= 0.3 is 0 Å². The highest BCUT2D eigenvalue weighted by Crippen LogP contribution is 2.41. The molecule has 0 aromatic heterocycles. The Morgan fingerprint density at radius 3 is 2.67 bits per heavy atom. The van der Waals surface area contributed by atoms with E-state index in [2.05, 4.69) is 10.7 Å². The highest BCUT2D eigenvalue weighted by atomic mass is 35.5. The van der Waals surface area contributed by atoms with Crippen LogP contribution in [0.2, 0.25) is 10.0 Å². The summed E-state index contributed by atoms with van der Waals surface area (Å²) in [6.07, 6.45) is 0. The molecule has 0 saturated carbocycles. The van der Waals surface area contributed by atoms with Crippen molar-refractivity contribution in [1.82, 2.24) is 10.4 Å². The minimum absolute atomic E-state index is 0.198. The number of amides is 3. The zero-order valence-electron chi connectivity index (χ0n) is 16.2. The summed E-state index contributed by atoms with van der Waals surface area (Å²) in [6.45, 7) is 3.50. The number of benzene rings is 2. The minimum atomic E-state index is -0.515. The second-order valence-corrected chi connectivity index (χ2v) is 8.27. The molecule has 0 radical (unpaired) electrons. The molecule has 0 bridgehead atoms. The predicted molar refractivity (Wildman–Crippen MR) is 118 cm³/mol. The van der Waals surface area contributed by atoms with Crippen molar-refractivity contribution in [3.63, 3.8) is 0 Å². The van der Waals surface area contributed by atoms with Gasteiger partial charge in [0.05, 0.1) is 17.9 Å². The van der Waals surface area contributed by atoms with Gasteiger partial charge in [-0.05, 0) is 31.2 Å². The normalized spacial score (nSPS) is 15.8. The van der Waals surface area contributed by atoms with Crippen LogP contribution in [-0.4, -0.2) is 35.1 Å². The molecule has 0 spiro atoms. The number of hydrogen-bond donors (Lipinski definition) is 2. The van der Waals surface area contributed by atoms with Crippen molar-refractivity contribution in [2.75, 3.05) is 17.7 Å². The average Bonchev–Trinajstić information content (AvgIpc) is 3.02. The van der Waals surface area contributed by atoms with Crippen molar-refractivity contribution in [1.29, 1.82) is 0 Å². The lowest BCUT2D eigenvalue weighted by molar-refractivity contribution is -0.130. The Morgan fingerprint density at radius 1 is 1.23 bits per heavy atom. The summed E-state index contributed by atoms with van der Waals surface area (Å²) in [5.41, 5.74) is 4.06. The van der Waals surface area contributed by atoms with Crippen LogP contribution in [0.15, 0.2) is 36.4 Å². The Kier molecular flexibility index (Phi) is 7.12. The summed E-state index contributed by atoms with van der Waals surface area (Å²) >= 11 is 13.6. The van der Waals surface area contributed by atoms with Crippen LogP contribution < -0.4 is 15.5 Å². The van der Waals surface area contributed by atoms with Crippen LogP contribution in [0.25, 0.3) is 0 Å². The monoisotopic (exact) mass is 467 g/mol. The van der Waals surface area contributed by atoms with Crippen molar-refractivity contribution in [2.24, 2.45) is 0 Å². The SMILES string of the molecule is CCOc1cc(NC(C)=O)ccc1C(=O)NN1C(=O)CS[C@H]1c1ccc(Cl)cc1Cl. The van der Waals surface area contributed by atoms with Crippen molar-refractivity contribution in [2.45, 2.75) is 19.2 Å². The van der Waals surface area contributed by atoms with Gasteiger partial charge in [0, 0.05) is 34.3 Å². The van der Waals surface area contributed by atoms with Crippen LogP contribution in [0.5, 0.6) is 5.75 Å². The standard InChI is InChI=1S/C20H19Cl2N3O4S/c1-3-29-17-9-13(23-11(2)26)5-7-15(17)19(28)24-25-18(27)10-30-20(25)14-6-4-12(21)8-16(14)22/h4-9,20H,3,10H2,1-2H3,(H,23,26)(H,24,28)/t20-/m0/s1. The lowest BCUT2D eigenvalue weighted by atomic mass is 10.1. The molecule has 158 valence electrons. The summed E-state index contributed by atoms with van der Waals surface area (Å²) in [5, 5.41) is 4.31. The summed E-state index contributed by atoms with van der Waals surface area (Å²) in [7, 11) is 0. The first kappa shape index (κ1) is 22.3. The number of rotatable bonds is 6. The summed E-state index contributed by atoms with van der Waals surface area (Å²) < 4.78 is 5.56. The molecule has 10 heteroatoms. The molecule has 0 unspecified atom stereocenters. The second-order valence-electron chi connectivity index (χ2n) is 6.36. The van der Waals surface area contributed by atoms with Gasteiger partial charge in [0.1, 0.15) is 11.1 Å². The third-order valence-electron chi connectivity index (χ3n) is 4.16. The molecule has 0 aliphatic carbocycles. The van der Waals surface area contributed by atoms with Crippen molar-refractivity contribution >= 4 is 58.4 Å². The Labute approximate surface area is 188 Å². The lowest BCUT2D eigenvalue weighted by Gasteiger charge is -2.25. The number of hydrazine groups is 1. The van der Waals surface area contributed by atoms with Crippen LogP contribution in [-0.2, 0) is 9.59 Å². The van der Waals surface area contributed by atoms with E-state index in [0.29, 0.717) is 33.7 Å². The number of anilines is 1. The first-order chi connectivity index (χ1) is 14.3. The molecule has 3 rings (SSSR count). The predicted octanol–water partition coefficient (Wildman–Crippen LogP) is 4.27. The maximum absolute atomic E-state index is 13.0. The van der Waals surface area contributed by atoms with Crippen LogP contribution in [0.3, 0.4) is 0 Å². The summed E-state index contributed by atoms with van der Waals surface area (Å²) in [6, 6.07) is 9.69. The van der Waals surface area contributed by atoms with Crippen molar-refractivity contribution in [3.05, 3.63) is 57.6 Å². The minimum Gasteiger partial charge on any atom is -0.493 e. The fourth-order valence-electron chi connectivity index (χ4n) is 2.91. The quantitative estimate of drug-likeness (QED) is 0.661. The van der Waals surface area contributed by atoms with E-state index in [-0.39, 0.29) is 23.1 Å². The number of nitrogens with zero attached hydrogens (tertiary/aromatic N) is 1. The molecular weight excluding hydrogens is 449 g/mol. The van der Waals surface area contributed by atoms with E-state index in [0.717, 1.165) is 0 Å². The Morgan fingerprint density at radius 2 is 2.00 bits per heavy atom. The van der Waals surface area contributed by atoms with Gasteiger partial charge in [0.2, 0.25) is 5.91 Å². The van der Waals surface area contributed by atoms with E-state index in [9.17, 15) is 14.4 Å². The first-order valence-corrected chi connectivity index (χ1v) is 10.8. The maximum atomic E-state index is 13.0. The molecule has 2 aromatic rings. The summed E-state index contributed by atoms with van der Waals surface area (Å²) in [5.74, 6) is -0.515. The van der Waals surface area contributed by atoms with Gasteiger partial charge in [-0.25, -0.2) is 5.01 Å². The van der Waals surface area contributed by atoms with E-state index in [1.54, 1.807) is 37.3 Å². The zero-order valence-corrected chi connectivity index (χ0v) is 18.5. The van der Waals surface area contributed by atoms with E-state index < -0.39 is 11.3 Å². The van der Waals surface area contributed by atoms with Gasteiger partial charge in [-0.2, -0.15) is 0 Å². The van der Waals surface area contributed by atoms with Crippen LogP contribution in [0.4, 0.5) is 5.69 Å². The first-order valence-electron chi connectivity index (χ1n) is 9.04.